The molecule has 0 spiro atoms. The van der Waals surface area contributed by atoms with Crippen LogP contribution in [0.2, 0.25) is 0 Å². The fourth-order valence-electron chi connectivity index (χ4n) is 12.8. The van der Waals surface area contributed by atoms with Gasteiger partial charge >= 0.3 is 0 Å². The van der Waals surface area contributed by atoms with Crippen LogP contribution in [0.1, 0.15) is 102 Å². The maximum atomic E-state index is 11.2. The average molecular weight is 760 g/mol. The summed E-state index contributed by atoms with van der Waals surface area (Å²) in [6.07, 6.45) is 1.98. The molecule has 3 aromatic heterocycles. The van der Waals surface area contributed by atoms with E-state index in [1.807, 2.05) is 6.33 Å². The van der Waals surface area contributed by atoms with E-state index in [1.165, 1.54) is 66.4 Å². The summed E-state index contributed by atoms with van der Waals surface area (Å²) in [7, 11) is 0. The van der Waals surface area contributed by atoms with Crippen LogP contribution in [0.4, 0.5) is 0 Å². The summed E-state index contributed by atoms with van der Waals surface area (Å²) in [5.74, 6) is -0.192. The Labute approximate surface area is 343 Å². The Morgan fingerprint density at radius 1 is 0.433 bits per heavy atom. The van der Waals surface area contributed by atoms with E-state index in [0.717, 1.165) is 55.2 Å². The minimum absolute atomic E-state index is 0.0332. The Hall–Kier alpha value is -7.99. The van der Waals surface area contributed by atoms with Gasteiger partial charge in [-0.05, 0) is 97.1 Å². The summed E-state index contributed by atoms with van der Waals surface area (Å²) < 4.78 is 4.67. The fourth-order valence-corrected chi connectivity index (χ4v) is 12.8. The van der Waals surface area contributed by atoms with Crippen LogP contribution < -0.4 is 0 Å². The molecule has 274 valence electrons. The smallest absolute Gasteiger partial charge is 0.100 e. The number of imidazole rings is 1. The molecule has 17 rings (SSSR count). The highest BCUT2D eigenvalue weighted by Crippen LogP contribution is 2.62. The first-order valence-corrected chi connectivity index (χ1v) is 20.7. The van der Waals surface area contributed by atoms with Crippen molar-refractivity contribution in [1.82, 2.24) is 14.0 Å². The molecule has 0 saturated carbocycles. The average Bonchev–Trinajstić information content (AvgIpc) is 4.00. The molecule has 6 aliphatic rings. The summed E-state index contributed by atoms with van der Waals surface area (Å²) in [5, 5.41) is 27.1. The standard InChI is InChI=1S/C55H29N5/c56-25-28-22-41-49(51-43(28)45-31-14-4-8-18-35(31)47(51)36-19-9-5-15-32(36)45)39-24-40-55(59(27-58-40)30-12-2-1-3-13-30)53-50-42(60(41)54(39)53)23-29(26-57)44-46-33-16-6-10-20-37(33)48(52(44)50)38-21-11-7-17-34(38)46/h1-24,27,45-48H. The first-order chi connectivity index (χ1) is 29.7. The molecule has 0 fully saturated rings. The monoisotopic (exact) mass is 759 g/mol. The minimum atomic E-state index is -0.0596. The van der Waals surface area contributed by atoms with Crippen molar-refractivity contribution < 1.29 is 0 Å². The van der Waals surface area contributed by atoms with E-state index in [1.54, 1.807) is 0 Å². The van der Waals surface area contributed by atoms with Crippen molar-refractivity contribution >= 4 is 49.1 Å². The highest BCUT2D eigenvalue weighted by molar-refractivity contribution is 6.32. The second kappa shape index (κ2) is 10.5. The molecular formula is C55H29N5. The molecule has 0 amide bonds. The quantitative estimate of drug-likeness (QED) is 0.167. The van der Waals surface area contributed by atoms with Gasteiger partial charge in [-0.25, -0.2) is 4.98 Å². The number of para-hydroxylation sites is 1. The maximum absolute atomic E-state index is 11.2. The molecule has 11 aromatic rings. The van der Waals surface area contributed by atoms with Crippen molar-refractivity contribution in [3.8, 4) is 17.8 Å². The van der Waals surface area contributed by atoms with E-state index in [9.17, 15) is 10.5 Å². The largest absolute Gasteiger partial charge is 0.308 e. The van der Waals surface area contributed by atoms with E-state index in [2.05, 4.69) is 167 Å². The van der Waals surface area contributed by atoms with Crippen LogP contribution in [0.5, 0.6) is 0 Å². The van der Waals surface area contributed by atoms with Gasteiger partial charge in [0, 0.05) is 50.9 Å². The lowest BCUT2D eigenvalue weighted by molar-refractivity contribution is 0.758. The third-order valence-electron chi connectivity index (χ3n) is 14.7. The summed E-state index contributed by atoms with van der Waals surface area (Å²) >= 11 is 0. The Morgan fingerprint density at radius 3 is 1.32 bits per heavy atom. The number of nitrogens with zero attached hydrogens (tertiary/aromatic N) is 5. The zero-order valence-corrected chi connectivity index (χ0v) is 32.0. The van der Waals surface area contributed by atoms with Crippen LogP contribution in [0.25, 0.3) is 54.8 Å². The van der Waals surface area contributed by atoms with E-state index in [4.69, 9.17) is 4.98 Å². The van der Waals surface area contributed by atoms with Crippen molar-refractivity contribution in [2.75, 3.05) is 0 Å². The molecule has 5 heteroatoms. The lowest BCUT2D eigenvalue weighted by Crippen LogP contribution is -2.28. The van der Waals surface area contributed by atoms with E-state index < -0.39 is 0 Å². The highest BCUT2D eigenvalue weighted by atomic mass is 15.1. The number of hydrogen-bond donors (Lipinski definition) is 0. The Kier molecular flexibility index (Phi) is 5.46. The van der Waals surface area contributed by atoms with Gasteiger partial charge in [0.25, 0.3) is 0 Å². The zero-order chi connectivity index (χ0) is 39.1. The SMILES string of the molecule is N#Cc1cc2c(c3c1C1c4ccccc4C3c3ccccc31)c1cc3ncn(-c4ccccc4)c3c3c4c5c(c(C#N)cc4n2c13)C1c2ccccc2C5c2ccccc21. The Balaban J connectivity index is 1.19. The lowest BCUT2D eigenvalue weighted by atomic mass is 9.59. The summed E-state index contributed by atoms with van der Waals surface area (Å²) in [6.45, 7) is 0. The van der Waals surface area contributed by atoms with Crippen LogP contribution in [-0.4, -0.2) is 14.0 Å². The van der Waals surface area contributed by atoms with Gasteiger partial charge in [-0.15, -0.1) is 0 Å². The molecule has 0 atom stereocenters. The molecule has 6 aliphatic carbocycles. The van der Waals surface area contributed by atoms with Gasteiger partial charge in [-0.2, -0.15) is 10.5 Å². The lowest BCUT2D eigenvalue weighted by Gasteiger charge is -2.43. The van der Waals surface area contributed by atoms with Crippen LogP contribution in [0.15, 0.2) is 152 Å². The Bertz CT molecular complexity index is 3790. The third kappa shape index (κ3) is 3.36. The highest BCUT2D eigenvalue weighted by Gasteiger charge is 2.47. The predicted molar refractivity (Wildman–Crippen MR) is 235 cm³/mol. The van der Waals surface area contributed by atoms with Gasteiger partial charge in [-0.3, -0.25) is 4.57 Å². The summed E-state index contributed by atoms with van der Waals surface area (Å²) in [6, 6.07) is 58.0. The second-order valence-corrected chi connectivity index (χ2v) is 17.1. The zero-order valence-electron chi connectivity index (χ0n) is 32.0. The van der Waals surface area contributed by atoms with Crippen LogP contribution in [-0.2, 0) is 0 Å². The predicted octanol–water partition coefficient (Wildman–Crippen LogP) is 11.9. The first kappa shape index (κ1) is 31.1. The molecule has 0 aliphatic heterocycles. The minimum Gasteiger partial charge on any atom is -0.308 e. The van der Waals surface area contributed by atoms with Crippen LogP contribution in [0, 0.1) is 22.7 Å². The molecule has 8 aromatic carbocycles. The van der Waals surface area contributed by atoms with Crippen molar-refractivity contribution in [2.24, 2.45) is 0 Å². The topological polar surface area (TPSA) is 69.8 Å². The molecule has 4 bridgehead atoms. The molecule has 0 radical (unpaired) electrons. The molecule has 0 saturated heterocycles. The summed E-state index contributed by atoms with van der Waals surface area (Å²) in [5.41, 5.74) is 22.6. The fraction of sp³-hybridized carbons (Fsp3) is 0.0727. The van der Waals surface area contributed by atoms with Crippen molar-refractivity contribution in [3.05, 3.63) is 230 Å². The molecule has 3 heterocycles. The third-order valence-corrected chi connectivity index (χ3v) is 14.7. The normalized spacial score (nSPS) is 18.6. The number of aromatic nitrogens is 3. The summed E-state index contributed by atoms with van der Waals surface area (Å²) in [4.78, 5) is 5.22. The molecular weight excluding hydrogens is 731 g/mol. The van der Waals surface area contributed by atoms with Gasteiger partial charge < -0.3 is 4.40 Å². The van der Waals surface area contributed by atoms with Crippen molar-refractivity contribution in [2.45, 2.75) is 23.7 Å². The molecule has 5 nitrogen and oxygen atoms in total. The van der Waals surface area contributed by atoms with Gasteiger partial charge in [0.1, 0.15) is 6.33 Å². The molecule has 0 N–H and O–H groups in total. The second-order valence-electron chi connectivity index (χ2n) is 17.1. The van der Waals surface area contributed by atoms with Gasteiger partial charge in [0.15, 0.2) is 0 Å². The molecule has 0 unspecified atom stereocenters. The number of nitriles is 2. The van der Waals surface area contributed by atoms with Crippen molar-refractivity contribution in [3.63, 3.8) is 0 Å². The van der Waals surface area contributed by atoms with E-state index in [0.29, 0.717) is 11.1 Å². The van der Waals surface area contributed by atoms with Gasteiger partial charge in [0.2, 0.25) is 0 Å². The van der Waals surface area contributed by atoms with Gasteiger partial charge in [0.05, 0.1) is 50.8 Å². The maximum Gasteiger partial charge on any atom is 0.100 e. The number of fused-ring (bicyclic) bond motifs is 8. The van der Waals surface area contributed by atoms with Crippen LogP contribution >= 0.6 is 0 Å². The van der Waals surface area contributed by atoms with Crippen LogP contribution in [0.3, 0.4) is 0 Å². The van der Waals surface area contributed by atoms with E-state index >= 15 is 0 Å². The Morgan fingerprint density at radius 2 is 0.850 bits per heavy atom. The van der Waals surface area contributed by atoms with Crippen molar-refractivity contribution in [1.29, 1.82) is 10.5 Å². The van der Waals surface area contributed by atoms with Gasteiger partial charge in [-0.1, -0.05) is 115 Å². The number of rotatable bonds is 1. The molecule has 60 heavy (non-hydrogen) atoms. The number of benzene rings is 8. The number of hydrogen-bond acceptors (Lipinski definition) is 3. The first-order valence-electron chi connectivity index (χ1n) is 20.7. The van der Waals surface area contributed by atoms with E-state index in [-0.39, 0.29) is 23.7 Å².